The van der Waals surface area contributed by atoms with E-state index in [-0.39, 0.29) is 47.4 Å². The van der Waals surface area contributed by atoms with Gasteiger partial charge in [-0.1, -0.05) is 29.8 Å². The molecule has 2 aliphatic rings. The number of nitrogens with zero attached hydrogens (tertiary/aromatic N) is 2. The molecule has 0 radical (unpaired) electrons. The minimum absolute atomic E-state index is 0. The van der Waals surface area contributed by atoms with Crippen molar-refractivity contribution < 1.29 is 33.2 Å². The number of amides is 2. The number of nitrogens with one attached hydrogen (secondary N) is 1. The molecule has 9 heteroatoms. The second-order valence-electron chi connectivity index (χ2n) is 6.99. The smallest absolute Gasteiger partial charge is 0.447 e. The molecule has 0 bridgehead atoms. The van der Waals surface area contributed by atoms with Crippen molar-refractivity contribution in [2.45, 2.75) is 30.7 Å². The summed E-state index contributed by atoms with van der Waals surface area (Å²) in [4.78, 5) is 26.2. The van der Waals surface area contributed by atoms with E-state index < -0.39 is 5.91 Å². The van der Waals surface area contributed by atoms with E-state index in [2.05, 4.69) is 5.32 Å². The van der Waals surface area contributed by atoms with Gasteiger partial charge in [0.25, 0.3) is 0 Å². The van der Waals surface area contributed by atoms with Gasteiger partial charge < -0.3 is 19.7 Å². The molecule has 1 aromatic rings. The zero-order valence-corrected chi connectivity index (χ0v) is 18.7. The molecule has 2 saturated heterocycles. The fourth-order valence-electron chi connectivity index (χ4n) is 3.27. The third-order valence-electron chi connectivity index (χ3n) is 4.90. The van der Waals surface area contributed by atoms with E-state index in [0.29, 0.717) is 29.6 Å². The van der Waals surface area contributed by atoms with E-state index in [4.69, 9.17) is 29.5 Å². The molecule has 6 nitrogen and oxygen atoms in total. The minimum atomic E-state index is -0.460. The molecule has 3 rings (SSSR count). The number of halogens is 1. The van der Waals surface area contributed by atoms with Gasteiger partial charge in [0.15, 0.2) is 0 Å². The van der Waals surface area contributed by atoms with Crippen molar-refractivity contribution in [1.82, 2.24) is 10.2 Å². The van der Waals surface area contributed by atoms with Crippen LogP contribution in [0, 0.1) is 24.5 Å². The summed E-state index contributed by atoms with van der Waals surface area (Å²) < 4.78 is 5.08. The Balaban J connectivity index is 0.00000341. The predicted molar refractivity (Wildman–Crippen MR) is 115 cm³/mol. The first-order valence-corrected chi connectivity index (χ1v) is 10.6. The molecule has 0 unspecified atom stereocenters. The first-order valence-electron chi connectivity index (χ1n) is 9.37. The number of benzene rings is 1. The molecule has 0 spiro atoms. The molecule has 1 aromatic carbocycles. The van der Waals surface area contributed by atoms with E-state index >= 15 is 0 Å². The number of carbonyl (C=O) groups excluding carboxylic acids is 2. The zero-order chi connectivity index (χ0) is 21.7. The van der Waals surface area contributed by atoms with Crippen LogP contribution in [-0.2, 0) is 16.1 Å². The summed E-state index contributed by atoms with van der Waals surface area (Å²) in [6.07, 6.45) is 2.60. The molecule has 2 aliphatic heterocycles. The fourth-order valence-corrected chi connectivity index (χ4v) is 4.67. The largest absolute Gasteiger partial charge is 1.00 e. The molecule has 2 fully saturated rings. The van der Waals surface area contributed by atoms with Gasteiger partial charge in [-0.05, 0) is 30.5 Å². The van der Waals surface area contributed by atoms with Crippen molar-refractivity contribution in [1.29, 1.82) is 5.26 Å². The Hall–Kier alpha value is -2.09. The molecular formula is C22H20ClLiN3O3S-. The number of hydrogen-bond acceptors (Lipinski definition) is 5. The van der Waals surface area contributed by atoms with Crippen LogP contribution in [0.15, 0.2) is 46.4 Å². The maximum Gasteiger partial charge on any atom is 1.00 e. The topological polar surface area (TPSA) is 82.4 Å². The molecular weight excluding hydrogens is 429 g/mol. The first kappa shape index (κ1) is 25.2. The molecule has 0 aliphatic carbocycles. The van der Waals surface area contributed by atoms with Gasteiger partial charge >= 0.3 is 25.0 Å². The Labute approximate surface area is 203 Å². The van der Waals surface area contributed by atoms with Crippen LogP contribution in [0.1, 0.15) is 18.4 Å². The number of fused-ring (bicyclic) bond motifs is 1. The Morgan fingerprint density at radius 2 is 2.10 bits per heavy atom. The number of carbonyl (C=O) groups is 2. The van der Waals surface area contributed by atoms with Crippen LogP contribution < -0.4 is 24.2 Å². The summed E-state index contributed by atoms with van der Waals surface area (Å²) in [7, 11) is 0. The quantitative estimate of drug-likeness (QED) is 0.219. The van der Waals surface area contributed by atoms with E-state index in [0.717, 1.165) is 18.4 Å². The molecule has 2 amide bonds. The number of allylic oxidation sites excluding steroid dienone is 1. The van der Waals surface area contributed by atoms with Gasteiger partial charge in [0.2, 0.25) is 0 Å². The van der Waals surface area contributed by atoms with Gasteiger partial charge in [-0.2, -0.15) is 0 Å². The summed E-state index contributed by atoms with van der Waals surface area (Å²) in [6.45, 7) is 13.0. The van der Waals surface area contributed by atoms with Crippen LogP contribution in [0.25, 0.3) is 0 Å². The SMILES string of the molecule is [CH-]=C(/C=C(/S[C@H]1CCN2C(=O)OC[C@@H]2C1)C(=[CH-])C#N)C(=O)NCc1ccc(Cl)cc1.[Li+]. The van der Waals surface area contributed by atoms with Crippen LogP contribution in [0.4, 0.5) is 4.79 Å². The number of ether oxygens (including phenoxy) is 1. The second kappa shape index (κ2) is 11.5. The van der Waals surface area contributed by atoms with Gasteiger partial charge in [-0.3, -0.25) is 5.26 Å². The normalized spacial score (nSPS) is 20.1. The van der Waals surface area contributed by atoms with Crippen molar-refractivity contribution >= 4 is 35.4 Å². The Morgan fingerprint density at radius 1 is 1.39 bits per heavy atom. The monoisotopic (exact) mass is 448 g/mol. The maximum atomic E-state index is 12.4. The Morgan fingerprint density at radius 3 is 2.77 bits per heavy atom. The van der Waals surface area contributed by atoms with Gasteiger partial charge in [0.1, 0.15) is 12.5 Å². The average Bonchev–Trinajstić information content (AvgIpc) is 3.12. The first-order chi connectivity index (χ1) is 14.4. The molecule has 156 valence electrons. The number of piperidine rings is 1. The predicted octanol–water partition coefficient (Wildman–Crippen LogP) is 0.803. The fraction of sp³-hybridized carbons (Fsp3) is 0.318. The standard InChI is InChI=1S/C22H20ClN3O3S.Li/c1-14(21(27)25-12-16-3-5-17(23)6-4-16)9-20(15(2)11-24)30-19-7-8-26-18(10-19)13-29-22(26)28;/h1-6,9,18-19H,7-8,10,12-13H2,(H,25,27);/q-2;+1/b20-9+;/t18-,19-;/m0./s1. The van der Waals surface area contributed by atoms with Crippen LogP contribution in [-0.4, -0.2) is 41.3 Å². The van der Waals surface area contributed by atoms with Gasteiger partial charge in [0, 0.05) is 23.4 Å². The number of hydrogen-bond donors (Lipinski definition) is 1. The number of nitriles is 1. The molecule has 0 saturated carbocycles. The van der Waals surface area contributed by atoms with Gasteiger partial charge in [0.05, 0.1) is 6.04 Å². The van der Waals surface area contributed by atoms with Gasteiger partial charge in [-0.25, -0.2) is 35.8 Å². The summed E-state index contributed by atoms with van der Waals surface area (Å²) in [6, 6.07) is 9.03. The van der Waals surface area contributed by atoms with Crippen molar-refractivity contribution in [2.75, 3.05) is 13.2 Å². The van der Waals surface area contributed by atoms with E-state index in [1.54, 1.807) is 29.2 Å². The van der Waals surface area contributed by atoms with Crippen molar-refractivity contribution in [3.05, 3.63) is 70.1 Å². The van der Waals surface area contributed by atoms with E-state index in [1.807, 2.05) is 6.07 Å². The summed E-state index contributed by atoms with van der Waals surface area (Å²) in [5.41, 5.74) is 0.832. The van der Waals surface area contributed by atoms with E-state index in [9.17, 15) is 14.9 Å². The third-order valence-corrected chi connectivity index (χ3v) is 6.50. The Bertz CT molecular complexity index is 942. The molecule has 1 N–H and O–H groups in total. The van der Waals surface area contributed by atoms with Crippen LogP contribution in [0.5, 0.6) is 0 Å². The van der Waals surface area contributed by atoms with Crippen molar-refractivity contribution in [3.8, 4) is 6.07 Å². The van der Waals surface area contributed by atoms with Crippen LogP contribution in [0.3, 0.4) is 0 Å². The number of cyclic esters (lactones) is 1. The molecule has 31 heavy (non-hydrogen) atoms. The molecule has 2 heterocycles. The van der Waals surface area contributed by atoms with Crippen molar-refractivity contribution in [2.24, 2.45) is 0 Å². The number of thioether (sulfide) groups is 1. The summed E-state index contributed by atoms with van der Waals surface area (Å²) >= 11 is 7.25. The summed E-state index contributed by atoms with van der Waals surface area (Å²) in [5, 5.41) is 12.7. The second-order valence-corrected chi connectivity index (χ2v) is 8.77. The average molecular weight is 449 g/mol. The van der Waals surface area contributed by atoms with Gasteiger partial charge in [-0.15, -0.1) is 16.1 Å². The Kier molecular flexibility index (Phi) is 9.34. The number of rotatable bonds is 7. The minimum Gasteiger partial charge on any atom is -0.447 e. The molecule has 0 aromatic heterocycles. The maximum absolute atomic E-state index is 12.4. The summed E-state index contributed by atoms with van der Waals surface area (Å²) in [5.74, 6) is -0.460. The third kappa shape index (κ3) is 6.69. The van der Waals surface area contributed by atoms with Crippen LogP contribution in [0.2, 0.25) is 5.02 Å². The van der Waals surface area contributed by atoms with Crippen LogP contribution >= 0.6 is 23.4 Å². The van der Waals surface area contributed by atoms with Crippen molar-refractivity contribution in [3.63, 3.8) is 0 Å². The van der Waals surface area contributed by atoms with E-state index in [1.165, 1.54) is 17.8 Å². The zero-order valence-electron chi connectivity index (χ0n) is 17.1. The molecule has 2 atom stereocenters.